The summed E-state index contributed by atoms with van der Waals surface area (Å²) in [5.41, 5.74) is 0.219. The van der Waals surface area contributed by atoms with Crippen molar-refractivity contribution in [3.63, 3.8) is 0 Å². The summed E-state index contributed by atoms with van der Waals surface area (Å²) in [5.74, 6) is -1.50. The number of rotatable bonds is 5. The van der Waals surface area contributed by atoms with Crippen LogP contribution in [0.3, 0.4) is 0 Å². The van der Waals surface area contributed by atoms with E-state index in [0.29, 0.717) is 21.3 Å². The monoisotopic (exact) mass is 487 g/mol. The predicted octanol–water partition coefficient (Wildman–Crippen LogP) is 5.33. The van der Waals surface area contributed by atoms with E-state index in [0.717, 1.165) is 11.3 Å². The zero-order valence-electron chi connectivity index (χ0n) is 16.5. The second-order valence-electron chi connectivity index (χ2n) is 6.93. The van der Waals surface area contributed by atoms with Gasteiger partial charge in [-0.05, 0) is 25.1 Å². The lowest BCUT2D eigenvalue weighted by molar-refractivity contribution is -0.118. The van der Waals surface area contributed by atoms with Crippen molar-refractivity contribution in [1.29, 1.82) is 0 Å². The molecular weight excluding hydrogens is 473 g/mol. The molecule has 4 aromatic rings. The minimum atomic E-state index is -1.24. The minimum Gasteiger partial charge on any atom is -0.478 e. The standard InChI is InChI=1S/C22H15Cl2N3O4S/c1-11(19(28)25-15-8-13(23)7-14(24)9-15)27-18(12-5-3-2-4-6-12)26-20-17(21(27)29)16(10-32-20)22(30)31/h2-11H,1H3,(H,25,28)(H,30,31). The zero-order chi connectivity index (χ0) is 23.0. The van der Waals surface area contributed by atoms with Gasteiger partial charge in [0, 0.05) is 26.7 Å². The summed E-state index contributed by atoms with van der Waals surface area (Å²) in [7, 11) is 0. The van der Waals surface area contributed by atoms with Gasteiger partial charge in [0.05, 0.1) is 10.9 Å². The number of amides is 1. The number of fused-ring (bicyclic) bond motifs is 1. The van der Waals surface area contributed by atoms with Gasteiger partial charge in [-0.25, -0.2) is 9.78 Å². The number of carboxylic acid groups (broad SMARTS) is 1. The van der Waals surface area contributed by atoms with Gasteiger partial charge >= 0.3 is 5.97 Å². The first-order valence-electron chi connectivity index (χ1n) is 9.35. The molecule has 2 aromatic heterocycles. The van der Waals surface area contributed by atoms with Crippen molar-refractivity contribution in [2.75, 3.05) is 5.32 Å². The molecule has 32 heavy (non-hydrogen) atoms. The second kappa shape index (κ2) is 8.74. The van der Waals surface area contributed by atoms with Gasteiger partial charge in [-0.2, -0.15) is 0 Å². The van der Waals surface area contributed by atoms with Gasteiger partial charge in [0.15, 0.2) is 0 Å². The number of carbonyl (C=O) groups is 2. The third-order valence-electron chi connectivity index (χ3n) is 4.80. The number of benzene rings is 2. The molecule has 2 heterocycles. The van der Waals surface area contributed by atoms with E-state index in [2.05, 4.69) is 10.3 Å². The molecule has 0 spiro atoms. The number of thiophene rings is 1. The zero-order valence-corrected chi connectivity index (χ0v) is 18.8. The maximum Gasteiger partial charge on any atom is 0.337 e. The molecule has 0 aliphatic carbocycles. The fraction of sp³-hybridized carbons (Fsp3) is 0.0909. The van der Waals surface area contributed by atoms with E-state index in [1.54, 1.807) is 24.3 Å². The normalized spacial score (nSPS) is 12.0. The summed E-state index contributed by atoms with van der Waals surface area (Å²) in [5, 5.41) is 14.2. The van der Waals surface area contributed by atoms with Crippen molar-refractivity contribution >= 4 is 62.3 Å². The molecule has 0 aliphatic heterocycles. The van der Waals surface area contributed by atoms with Crippen molar-refractivity contribution in [1.82, 2.24) is 9.55 Å². The Morgan fingerprint density at radius 2 is 1.78 bits per heavy atom. The quantitative estimate of drug-likeness (QED) is 0.396. The average molecular weight is 488 g/mol. The highest BCUT2D eigenvalue weighted by Crippen LogP contribution is 2.28. The molecule has 0 fully saturated rings. The number of carbonyl (C=O) groups excluding carboxylic acids is 1. The largest absolute Gasteiger partial charge is 0.478 e. The lowest BCUT2D eigenvalue weighted by Gasteiger charge is -2.19. The Bertz CT molecular complexity index is 1400. The van der Waals surface area contributed by atoms with E-state index < -0.39 is 23.5 Å². The van der Waals surface area contributed by atoms with Gasteiger partial charge in [0.2, 0.25) is 5.91 Å². The Morgan fingerprint density at radius 1 is 1.12 bits per heavy atom. The molecule has 10 heteroatoms. The molecule has 0 saturated heterocycles. The summed E-state index contributed by atoms with van der Waals surface area (Å²) in [4.78, 5) is 43.0. The lowest BCUT2D eigenvalue weighted by atomic mass is 10.1. The number of hydrogen-bond donors (Lipinski definition) is 2. The van der Waals surface area contributed by atoms with E-state index in [1.165, 1.54) is 35.1 Å². The molecule has 0 aliphatic rings. The number of nitrogens with one attached hydrogen (secondary N) is 1. The molecule has 7 nitrogen and oxygen atoms in total. The number of aromatic carboxylic acids is 1. The molecule has 1 atom stereocenters. The van der Waals surface area contributed by atoms with Gasteiger partial charge in [-0.3, -0.25) is 14.2 Å². The molecule has 1 unspecified atom stereocenters. The van der Waals surface area contributed by atoms with Gasteiger partial charge in [-0.1, -0.05) is 53.5 Å². The molecule has 0 saturated carbocycles. The topological polar surface area (TPSA) is 101 Å². The van der Waals surface area contributed by atoms with Crippen LogP contribution in [0.1, 0.15) is 23.3 Å². The molecule has 0 bridgehead atoms. The van der Waals surface area contributed by atoms with Crippen molar-refractivity contribution in [3.05, 3.63) is 79.9 Å². The van der Waals surface area contributed by atoms with Gasteiger partial charge in [0.1, 0.15) is 16.7 Å². The number of hydrogen-bond acceptors (Lipinski definition) is 5. The fourth-order valence-electron chi connectivity index (χ4n) is 3.30. The smallest absolute Gasteiger partial charge is 0.337 e. The summed E-state index contributed by atoms with van der Waals surface area (Å²) in [6.07, 6.45) is 0. The van der Waals surface area contributed by atoms with Crippen molar-refractivity contribution < 1.29 is 14.7 Å². The van der Waals surface area contributed by atoms with Crippen LogP contribution in [0, 0.1) is 0 Å². The highest BCUT2D eigenvalue weighted by Gasteiger charge is 2.26. The van der Waals surface area contributed by atoms with E-state index in [1.807, 2.05) is 6.07 Å². The average Bonchev–Trinajstić information content (AvgIpc) is 3.18. The van der Waals surface area contributed by atoms with Crippen LogP contribution in [0.2, 0.25) is 10.0 Å². The molecule has 162 valence electrons. The van der Waals surface area contributed by atoms with Crippen LogP contribution in [0.25, 0.3) is 21.6 Å². The Balaban J connectivity index is 1.87. The number of aromatic nitrogens is 2. The first-order valence-corrected chi connectivity index (χ1v) is 11.0. The summed E-state index contributed by atoms with van der Waals surface area (Å²) in [6.45, 7) is 1.54. The Hall–Kier alpha value is -3.20. The van der Waals surface area contributed by atoms with E-state index in [4.69, 9.17) is 23.2 Å². The van der Waals surface area contributed by atoms with Crippen LogP contribution in [0.15, 0.2) is 58.7 Å². The first-order chi connectivity index (χ1) is 15.3. The molecule has 2 aromatic carbocycles. The highest BCUT2D eigenvalue weighted by molar-refractivity contribution is 7.17. The second-order valence-corrected chi connectivity index (χ2v) is 8.67. The molecule has 1 amide bonds. The Labute approximate surface area is 195 Å². The molecule has 2 N–H and O–H groups in total. The number of carboxylic acids is 1. The van der Waals surface area contributed by atoms with Crippen molar-refractivity contribution in [2.45, 2.75) is 13.0 Å². The maximum absolute atomic E-state index is 13.5. The Kier molecular flexibility index (Phi) is 6.01. The number of nitrogens with zero attached hydrogens (tertiary/aromatic N) is 2. The third-order valence-corrected chi connectivity index (χ3v) is 6.11. The minimum absolute atomic E-state index is 0.0346. The van der Waals surface area contributed by atoms with Gasteiger partial charge in [0.25, 0.3) is 5.56 Å². The first kappa shape index (κ1) is 22.0. The molecule has 0 radical (unpaired) electrons. The van der Waals surface area contributed by atoms with Gasteiger partial charge in [-0.15, -0.1) is 11.3 Å². The summed E-state index contributed by atoms with van der Waals surface area (Å²) in [6, 6.07) is 12.5. The Morgan fingerprint density at radius 3 is 2.41 bits per heavy atom. The highest BCUT2D eigenvalue weighted by atomic mass is 35.5. The summed E-state index contributed by atoms with van der Waals surface area (Å²) < 4.78 is 1.21. The van der Waals surface area contributed by atoms with Crippen LogP contribution in [-0.4, -0.2) is 26.5 Å². The van der Waals surface area contributed by atoms with E-state index >= 15 is 0 Å². The van der Waals surface area contributed by atoms with Crippen molar-refractivity contribution in [2.24, 2.45) is 0 Å². The maximum atomic E-state index is 13.5. The van der Waals surface area contributed by atoms with Crippen LogP contribution >= 0.6 is 34.5 Å². The van der Waals surface area contributed by atoms with E-state index in [9.17, 15) is 19.5 Å². The molecular formula is C22H15Cl2N3O4S. The fourth-order valence-corrected chi connectivity index (χ4v) is 4.73. The number of anilines is 1. The molecule has 4 rings (SSSR count). The SMILES string of the molecule is CC(C(=O)Nc1cc(Cl)cc(Cl)c1)n1c(-c2ccccc2)nc2scc(C(=O)O)c2c1=O. The van der Waals surface area contributed by atoms with E-state index in [-0.39, 0.29) is 21.6 Å². The van der Waals surface area contributed by atoms with Crippen LogP contribution in [0.4, 0.5) is 5.69 Å². The van der Waals surface area contributed by atoms with Crippen molar-refractivity contribution in [3.8, 4) is 11.4 Å². The van der Waals surface area contributed by atoms with Crippen LogP contribution < -0.4 is 10.9 Å². The number of halogens is 2. The predicted molar refractivity (Wildman–Crippen MR) is 126 cm³/mol. The summed E-state index contributed by atoms with van der Waals surface area (Å²) >= 11 is 13.1. The third kappa shape index (κ3) is 4.12. The lowest BCUT2D eigenvalue weighted by Crippen LogP contribution is -2.33. The van der Waals surface area contributed by atoms with Crippen LogP contribution in [-0.2, 0) is 4.79 Å². The van der Waals surface area contributed by atoms with Gasteiger partial charge < -0.3 is 10.4 Å². The van der Waals surface area contributed by atoms with Crippen LogP contribution in [0.5, 0.6) is 0 Å².